The largest absolute Gasteiger partial charge is 0.325 e. The van der Waals surface area contributed by atoms with Gasteiger partial charge in [-0.15, -0.1) is 0 Å². The van der Waals surface area contributed by atoms with Gasteiger partial charge in [0.25, 0.3) is 0 Å². The predicted octanol–water partition coefficient (Wildman–Crippen LogP) is 1.95. The third kappa shape index (κ3) is 1.52. The van der Waals surface area contributed by atoms with Gasteiger partial charge in [0.15, 0.2) is 7.28 Å². The van der Waals surface area contributed by atoms with Gasteiger partial charge < -0.3 is 5.32 Å². The Morgan fingerprint density at radius 3 is 2.71 bits per heavy atom. The summed E-state index contributed by atoms with van der Waals surface area (Å²) in [5.41, 5.74) is 3.42. The maximum Gasteiger partial charge on any atom is 0.235 e. The molecule has 1 heterocycles. The van der Waals surface area contributed by atoms with Crippen molar-refractivity contribution in [3.8, 4) is 0 Å². The van der Waals surface area contributed by atoms with E-state index in [-0.39, 0.29) is 11.3 Å². The molecule has 2 nitrogen and oxygen atoms in total. The minimum Gasteiger partial charge on any atom is -0.325 e. The molecule has 1 aliphatic carbocycles. The summed E-state index contributed by atoms with van der Waals surface area (Å²) in [7, 11) is 1.02. The molecule has 1 fully saturated rings. The third-order valence-corrected chi connectivity index (χ3v) is 4.40. The highest BCUT2D eigenvalue weighted by atomic mass is 16.2. The van der Waals surface area contributed by atoms with Gasteiger partial charge in [0.1, 0.15) is 0 Å². The zero-order valence-electron chi connectivity index (χ0n) is 10.4. The molecular weight excluding hydrogens is 209 g/mol. The zero-order valence-corrected chi connectivity index (χ0v) is 10.4. The fourth-order valence-electron chi connectivity index (χ4n) is 3.35. The summed E-state index contributed by atoms with van der Waals surface area (Å²) >= 11 is 0. The summed E-state index contributed by atoms with van der Waals surface area (Å²) in [4.78, 5) is 12.3. The molecule has 0 radical (unpaired) electrons. The van der Waals surface area contributed by atoms with Crippen molar-refractivity contribution in [2.45, 2.75) is 44.3 Å². The zero-order chi connectivity index (χ0) is 11.9. The molecule has 1 spiro atoms. The van der Waals surface area contributed by atoms with Crippen LogP contribution in [0.5, 0.6) is 0 Å². The van der Waals surface area contributed by atoms with E-state index in [9.17, 15) is 4.79 Å². The van der Waals surface area contributed by atoms with Gasteiger partial charge in [-0.3, -0.25) is 4.79 Å². The number of benzene rings is 1. The Bertz CT molecular complexity index is 463. The molecule has 0 atom stereocenters. The van der Waals surface area contributed by atoms with Crippen LogP contribution < -0.4 is 10.8 Å². The van der Waals surface area contributed by atoms with Crippen molar-refractivity contribution in [1.82, 2.24) is 0 Å². The second-order valence-corrected chi connectivity index (χ2v) is 5.33. The second kappa shape index (κ2) is 3.90. The first-order valence-corrected chi connectivity index (χ1v) is 6.71. The predicted molar refractivity (Wildman–Crippen MR) is 72.5 cm³/mol. The van der Waals surface area contributed by atoms with Gasteiger partial charge >= 0.3 is 0 Å². The molecule has 0 unspecified atom stereocenters. The Balaban J connectivity index is 2.07. The summed E-state index contributed by atoms with van der Waals surface area (Å²) in [6.07, 6.45) is 5.69. The summed E-state index contributed by atoms with van der Waals surface area (Å²) < 4.78 is 0. The topological polar surface area (TPSA) is 29.1 Å². The Labute approximate surface area is 103 Å². The molecule has 1 aromatic carbocycles. The Hall–Kier alpha value is -1.25. The van der Waals surface area contributed by atoms with Crippen LogP contribution in [0.1, 0.15) is 37.7 Å². The minimum atomic E-state index is -0.195. The number of rotatable bonds is 1. The van der Waals surface area contributed by atoms with Crippen molar-refractivity contribution in [2.75, 3.05) is 5.32 Å². The molecule has 0 bridgehead atoms. The SMILES string of the molecule is CBc1ccc2c(c1)NC(=O)C21CCCCC1. The van der Waals surface area contributed by atoms with E-state index in [1.54, 1.807) is 0 Å². The highest BCUT2D eigenvalue weighted by molar-refractivity contribution is 6.52. The van der Waals surface area contributed by atoms with Crippen LogP contribution in [0.15, 0.2) is 18.2 Å². The van der Waals surface area contributed by atoms with E-state index in [2.05, 4.69) is 30.3 Å². The minimum absolute atomic E-state index is 0.195. The smallest absolute Gasteiger partial charge is 0.235 e. The van der Waals surface area contributed by atoms with E-state index in [1.807, 2.05) is 0 Å². The molecule has 88 valence electrons. The lowest BCUT2D eigenvalue weighted by molar-refractivity contribution is -0.121. The first-order chi connectivity index (χ1) is 8.26. The normalized spacial score (nSPS) is 21.1. The highest BCUT2D eigenvalue weighted by Crippen LogP contribution is 2.46. The van der Waals surface area contributed by atoms with Gasteiger partial charge in [0, 0.05) is 5.69 Å². The van der Waals surface area contributed by atoms with Crippen molar-refractivity contribution in [3.63, 3.8) is 0 Å². The first kappa shape index (κ1) is 10.9. The second-order valence-electron chi connectivity index (χ2n) is 5.33. The van der Waals surface area contributed by atoms with Gasteiger partial charge in [-0.25, -0.2) is 0 Å². The van der Waals surface area contributed by atoms with Gasteiger partial charge in [-0.1, -0.05) is 43.7 Å². The first-order valence-electron chi connectivity index (χ1n) is 6.71. The highest BCUT2D eigenvalue weighted by Gasteiger charge is 2.46. The summed E-state index contributed by atoms with van der Waals surface area (Å²) in [6, 6.07) is 6.50. The van der Waals surface area contributed by atoms with Gasteiger partial charge in [0.05, 0.1) is 5.41 Å². The third-order valence-electron chi connectivity index (χ3n) is 4.40. The van der Waals surface area contributed by atoms with Crippen LogP contribution in [0.2, 0.25) is 6.82 Å². The Kier molecular flexibility index (Phi) is 2.50. The monoisotopic (exact) mass is 227 g/mol. The molecule has 1 aromatic rings. The summed E-state index contributed by atoms with van der Waals surface area (Å²) in [5, 5.41) is 3.09. The average molecular weight is 227 g/mol. The molecule has 0 saturated heterocycles. The summed E-state index contributed by atoms with van der Waals surface area (Å²) in [5.74, 6) is 0.237. The van der Waals surface area contributed by atoms with Crippen molar-refractivity contribution in [2.24, 2.45) is 0 Å². The number of fused-ring (bicyclic) bond motifs is 2. The van der Waals surface area contributed by atoms with Crippen LogP contribution in [-0.4, -0.2) is 13.2 Å². The number of carbonyl (C=O) groups is 1. The standard InChI is InChI=1S/C14H18BNO/c1-15-10-5-6-11-12(9-10)16-13(17)14(11)7-3-2-4-8-14/h5-6,9,15H,2-4,7-8H2,1H3,(H,16,17). The summed E-state index contributed by atoms with van der Waals surface area (Å²) in [6.45, 7) is 2.15. The molecule has 1 N–H and O–H groups in total. The Morgan fingerprint density at radius 2 is 2.00 bits per heavy atom. The van der Waals surface area contributed by atoms with E-state index in [0.29, 0.717) is 0 Å². The maximum atomic E-state index is 12.3. The molecule has 3 heteroatoms. The van der Waals surface area contributed by atoms with E-state index in [0.717, 1.165) is 25.8 Å². The lowest BCUT2D eigenvalue weighted by Crippen LogP contribution is -2.36. The van der Waals surface area contributed by atoms with Crippen molar-refractivity contribution >= 4 is 24.3 Å². The van der Waals surface area contributed by atoms with Gasteiger partial charge in [-0.05, 0) is 24.5 Å². The van der Waals surface area contributed by atoms with Crippen LogP contribution in [0.25, 0.3) is 0 Å². The molecule has 3 rings (SSSR count). The fraction of sp³-hybridized carbons (Fsp3) is 0.500. The van der Waals surface area contributed by atoms with Crippen LogP contribution in [0.3, 0.4) is 0 Å². The Morgan fingerprint density at radius 1 is 1.24 bits per heavy atom. The van der Waals surface area contributed by atoms with Crippen molar-refractivity contribution in [1.29, 1.82) is 0 Å². The maximum absolute atomic E-state index is 12.3. The van der Waals surface area contributed by atoms with E-state index >= 15 is 0 Å². The quantitative estimate of drug-likeness (QED) is 0.730. The van der Waals surface area contributed by atoms with Gasteiger partial charge in [0.2, 0.25) is 5.91 Å². The lowest BCUT2D eigenvalue weighted by atomic mass is 9.68. The molecular formula is C14H18BNO. The van der Waals surface area contributed by atoms with Gasteiger partial charge in [-0.2, -0.15) is 0 Å². The van der Waals surface area contributed by atoms with Crippen LogP contribution in [0.4, 0.5) is 5.69 Å². The number of hydrogen-bond donors (Lipinski definition) is 1. The molecule has 1 saturated carbocycles. The fourth-order valence-corrected chi connectivity index (χ4v) is 3.35. The van der Waals surface area contributed by atoms with Crippen molar-refractivity contribution < 1.29 is 4.79 Å². The number of anilines is 1. The molecule has 0 aromatic heterocycles. The van der Waals surface area contributed by atoms with Crippen LogP contribution >= 0.6 is 0 Å². The average Bonchev–Trinajstić information content (AvgIpc) is 2.63. The number of nitrogens with one attached hydrogen (secondary N) is 1. The molecule has 1 amide bonds. The number of hydrogen-bond acceptors (Lipinski definition) is 1. The molecule has 17 heavy (non-hydrogen) atoms. The van der Waals surface area contributed by atoms with Crippen LogP contribution in [0, 0.1) is 0 Å². The van der Waals surface area contributed by atoms with Crippen molar-refractivity contribution in [3.05, 3.63) is 23.8 Å². The van der Waals surface area contributed by atoms with E-state index in [1.165, 1.54) is 30.3 Å². The van der Waals surface area contributed by atoms with E-state index < -0.39 is 0 Å². The molecule has 1 aliphatic heterocycles. The lowest BCUT2D eigenvalue weighted by Gasteiger charge is -2.31. The number of carbonyl (C=O) groups excluding carboxylic acids is 1. The number of amides is 1. The van der Waals surface area contributed by atoms with Crippen LogP contribution in [-0.2, 0) is 10.2 Å². The van der Waals surface area contributed by atoms with E-state index in [4.69, 9.17) is 0 Å². The molecule has 2 aliphatic rings.